The summed E-state index contributed by atoms with van der Waals surface area (Å²) in [7, 11) is -0.191. The maximum absolute atomic E-state index is 13.1. The monoisotopic (exact) mass is 294 g/mol. The average molecular weight is 294 g/mol. The van der Waals surface area contributed by atoms with Gasteiger partial charge >= 0.3 is 7.12 Å². The largest absolute Gasteiger partial charge is 0.497 e. The molecular formula is C14H13BF2O4. The van der Waals surface area contributed by atoms with Gasteiger partial charge in [-0.15, -0.1) is 0 Å². The van der Waals surface area contributed by atoms with Gasteiger partial charge in [0.15, 0.2) is 11.6 Å². The quantitative estimate of drug-likeness (QED) is 0.814. The summed E-state index contributed by atoms with van der Waals surface area (Å²) in [4.78, 5) is 0. The van der Waals surface area contributed by atoms with Crippen LogP contribution in [0.1, 0.15) is 5.56 Å². The summed E-state index contributed by atoms with van der Waals surface area (Å²) in [5, 5.41) is 18.6. The van der Waals surface area contributed by atoms with Crippen LogP contribution >= 0.6 is 0 Å². The highest BCUT2D eigenvalue weighted by Crippen LogP contribution is 2.18. The van der Waals surface area contributed by atoms with E-state index in [9.17, 15) is 18.8 Å². The Kier molecular flexibility index (Phi) is 4.77. The van der Waals surface area contributed by atoms with Crippen molar-refractivity contribution < 1.29 is 28.3 Å². The molecule has 0 aromatic heterocycles. The van der Waals surface area contributed by atoms with E-state index in [1.54, 1.807) is 12.1 Å². The van der Waals surface area contributed by atoms with Crippen molar-refractivity contribution >= 4 is 12.6 Å². The zero-order valence-electron chi connectivity index (χ0n) is 11.2. The van der Waals surface area contributed by atoms with Gasteiger partial charge in [-0.05, 0) is 35.3 Å². The molecule has 2 aromatic carbocycles. The second-order valence-electron chi connectivity index (χ2n) is 4.30. The number of methoxy groups -OCH3 is 1. The zero-order valence-corrected chi connectivity index (χ0v) is 11.2. The van der Waals surface area contributed by atoms with Gasteiger partial charge in [-0.25, -0.2) is 8.78 Å². The summed E-state index contributed by atoms with van der Waals surface area (Å²) in [6.45, 7) is -0.0464. The van der Waals surface area contributed by atoms with Gasteiger partial charge in [-0.3, -0.25) is 0 Å². The first-order valence-electron chi connectivity index (χ1n) is 6.12. The van der Waals surface area contributed by atoms with Crippen LogP contribution in [0.25, 0.3) is 0 Å². The first-order chi connectivity index (χ1) is 10.0. The van der Waals surface area contributed by atoms with Gasteiger partial charge in [0.05, 0.1) is 7.11 Å². The Hall–Kier alpha value is -2.12. The fourth-order valence-electron chi connectivity index (χ4n) is 1.81. The Balaban J connectivity index is 2.19. The van der Waals surface area contributed by atoms with E-state index < -0.39 is 18.8 Å². The molecule has 0 aliphatic heterocycles. The fraction of sp³-hybridized carbons (Fsp3) is 0.143. The third kappa shape index (κ3) is 3.71. The minimum Gasteiger partial charge on any atom is -0.497 e. The molecule has 2 rings (SSSR count). The van der Waals surface area contributed by atoms with Crippen LogP contribution in [0.3, 0.4) is 0 Å². The summed E-state index contributed by atoms with van der Waals surface area (Å²) >= 11 is 0. The maximum Gasteiger partial charge on any atom is 0.488 e. The number of hydrogen-bond acceptors (Lipinski definition) is 4. The van der Waals surface area contributed by atoms with Gasteiger partial charge in [-0.1, -0.05) is 6.07 Å². The van der Waals surface area contributed by atoms with Crippen LogP contribution in [-0.4, -0.2) is 24.3 Å². The van der Waals surface area contributed by atoms with Gasteiger partial charge in [-0.2, -0.15) is 0 Å². The fourth-order valence-corrected chi connectivity index (χ4v) is 1.81. The molecule has 0 bridgehead atoms. The Labute approximate surface area is 120 Å². The van der Waals surface area contributed by atoms with E-state index in [-0.39, 0.29) is 17.8 Å². The van der Waals surface area contributed by atoms with Gasteiger partial charge in [0, 0.05) is 6.07 Å². The highest BCUT2D eigenvalue weighted by molar-refractivity contribution is 6.59. The molecule has 0 unspecified atom stereocenters. The standard InChI is InChI=1S/C14H13BF2O4/c1-20-10-2-4-12(15(18)19)9(6-10)8-21-11-3-5-13(16)14(17)7-11/h2-7,18-19H,8H2,1H3. The van der Waals surface area contributed by atoms with E-state index in [4.69, 9.17) is 9.47 Å². The molecule has 0 saturated heterocycles. The van der Waals surface area contributed by atoms with Crippen LogP contribution in [0.15, 0.2) is 36.4 Å². The molecule has 21 heavy (non-hydrogen) atoms. The summed E-state index contributed by atoms with van der Waals surface area (Å²) in [6, 6.07) is 7.81. The van der Waals surface area contributed by atoms with Crippen molar-refractivity contribution in [1.82, 2.24) is 0 Å². The number of hydrogen-bond donors (Lipinski definition) is 2. The summed E-state index contributed by atoms with van der Waals surface area (Å²) in [5.74, 6) is -1.32. The molecule has 2 N–H and O–H groups in total. The highest BCUT2D eigenvalue weighted by atomic mass is 19.2. The van der Waals surface area contributed by atoms with Gasteiger partial charge in [0.25, 0.3) is 0 Å². The van der Waals surface area contributed by atoms with Crippen molar-refractivity contribution in [1.29, 1.82) is 0 Å². The van der Waals surface area contributed by atoms with Gasteiger partial charge < -0.3 is 19.5 Å². The molecular weight excluding hydrogens is 281 g/mol. The summed E-state index contributed by atoms with van der Waals surface area (Å²) in [6.07, 6.45) is 0. The SMILES string of the molecule is COc1ccc(B(O)O)c(COc2ccc(F)c(F)c2)c1. The summed E-state index contributed by atoms with van der Waals surface area (Å²) < 4.78 is 36.3. The predicted molar refractivity (Wildman–Crippen MR) is 73.5 cm³/mol. The topological polar surface area (TPSA) is 58.9 Å². The first-order valence-corrected chi connectivity index (χ1v) is 6.12. The molecule has 110 valence electrons. The van der Waals surface area contributed by atoms with E-state index in [2.05, 4.69) is 0 Å². The van der Waals surface area contributed by atoms with Crippen LogP contribution < -0.4 is 14.9 Å². The lowest BCUT2D eigenvalue weighted by Crippen LogP contribution is -2.33. The molecule has 4 nitrogen and oxygen atoms in total. The molecule has 0 fully saturated rings. The normalized spacial score (nSPS) is 10.3. The molecule has 0 saturated carbocycles. The number of rotatable bonds is 5. The van der Waals surface area contributed by atoms with E-state index in [1.807, 2.05) is 0 Å². The first kappa shape index (κ1) is 15.3. The lowest BCUT2D eigenvalue weighted by Gasteiger charge is -2.12. The maximum atomic E-state index is 13.1. The molecule has 0 atom stereocenters. The lowest BCUT2D eigenvalue weighted by molar-refractivity contribution is 0.302. The second-order valence-corrected chi connectivity index (χ2v) is 4.30. The van der Waals surface area contributed by atoms with Crippen molar-refractivity contribution in [3.05, 3.63) is 53.6 Å². The van der Waals surface area contributed by atoms with E-state index in [1.165, 1.54) is 19.2 Å². The molecule has 7 heteroatoms. The molecule has 0 aliphatic carbocycles. The van der Waals surface area contributed by atoms with Crippen molar-refractivity contribution in [3.8, 4) is 11.5 Å². The Morgan fingerprint density at radius 3 is 2.33 bits per heavy atom. The lowest BCUT2D eigenvalue weighted by atomic mass is 9.77. The van der Waals surface area contributed by atoms with Crippen LogP contribution in [0.5, 0.6) is 11.5 Å². The number of benzene rings is 2. The van der Waals surface area contributed by atoms with Crippen LogP contribution in [0, 0.1) is 11.6 Å². The van der Waals surface area contributed by atoms with Crippen molar-refractivity contribution in [2.45, 2.75) is 6.61 Å². The third-order valence-corrected chi connectivity index (χ3v) is 2.91. The Morgan fingerprint density at radius 2 is 1.71 bits per heavy atom. The highest BCUT2D eigenvalue weighted by Gasteiger charge is 2.17. The smallest absolute Gasteiger partial charge is 0.488 e. The van der Waals surface area contributed by atoms with E-state index >= 15 is 0 Å². The molecule has 0 amide bonds. The summed E-state index contributed by atoms with van der Waals surface area (Å²) in [5.41, 5.74) is 0.715. The minimum absolute atomic E-state index is 0.0464. The van der Waals surface area contributed by atoms with Crippen LogP contribution in [0.2, 0.25) is 0 Å². The van der Waals surface area contributed by atoms with E-state index in [0.29, 0.717) is 11.3 Å². The minimum atomic E-state index is -1.67. The molecule has 2 aromatic rings. The van der Waals surface area contributed by atoms with Crippen LogP contribution in [-0.2, 0) is 6.61 Å². The number of ether oxygens (including phenoxy) is 2. The Morgan fingerprint density at radius 1 is 1.00 bits per heavy atom. The predicted octanol–water partition coefficient (Wildman–Crippen LogP) is 1.23. The van der Waals surface area contributed by atoms with Gasteiger partial charge in [0.2, 0.25) is 0 Å². The number of halogens is 2. The van der Waals surface area contributed by atoms with Gasteiger partial charge in [0.1, 0.15) is 18.1 Å². The average Bonchev–Trinajstić information content (AvgIpc) is 2.48. The zero-order chi connectivity index (χ0) is 15.4. The Bertz CT molecular complexity index is 634. The molecule has 0 spiro atoms. The molecule has 0 radical (unpaired) electrons. The molecule has 0 aliphatic rings. The van der Waals surface area contributed by atoms with E-state index in [0.717, 1.165) is 12.1 Å². The van der Waals surface area contributed by atoms with Crippen LogP contribution in [0.4, 0.5) is 8.78 Å². The molecule has 0 heterocycles. The third-order valence-electron chi connectivity index (χ3n) is 2.91. The van der Waals surface area contributed by atoms with Crippen molar-refractivity contribution in [2.24, 2.45) is 0 Å². The second kappa shape index (κ2) is 6.56. The van der Waals surface area contributed by atoms with Crippen molar-refractivity contribution in [2.75, 3.05) is 7.11 Å². The van der Waals surface area contributed by atoms with Crippen molar-refractivity contribution in [3.63, 3.8) is 0 Å².